The van der Waals surface area contributed by atoms with Gasteiger partial charge in [-0.05, 0) is 36.4 Å². The van der Waals surface area contributed by atoms with Crippen molar-refractivity contribution in [1.82, 2.24) is 15.2 Å². The molecule has 2 aromatic heterocycles. The van der Waals surface area contributed by atoms with Crippen LogP contribution >= 0.6 is 0 Å². The number of benzene rings is 1. The number of rotatable bonds is 8. The Bertz CT molecular complexity index is 981. The summed E-state index contributed by atoms with van der Waals surface area (Å²) in [5.41, 5.74) is 2.09. The van der Waals surface area contributed by atoms with Gasteiger partial charge in [-0.1, -0.05) is 18.2 Å². The first kappa shape index (κ1) is 20.9. The van der Waals surface area contributed by atoms with E-state index in [-0.39, 0.29) is 5.91 Å². The number of para-hydroxylation sites is 2. The highest BCUT2D eigenvalue weighted by Gasteiger charge is 2.21. The number of hydrogen-bond donors (Lipinski definition) is 1. The molecule has 1 amide bonds. The molecule has 1 N–H and O–H groups in total. The number of pyridine rings is 1. The average Bonchev–Trinajstić information content (AvgIpc) is 3.29. The molecule has 162 valence electrons. The lowest BCUT2D eigenvalue weighted by atomic mass is 10.2. The predicted molar refractivity (Wildman–Crippen MR) is 119 cm³/mol. The van der Waals surface area contributed by atoms with E-state index < -0.39 is 0 Å². The Morgan fingerprint density at radius 2 is 1.87 bits per heavy atom. The van der Waals surface area contributed by atoms with Gasteiger partial charge >= 0.3 is 0 Å². The second-order valence-electron chi connectivity index (χ2n) is 7.53. The minimum atomic E-state index is -0.192. The molecule has 1 aromatic carbocycles. The Kier molecular flexibility index (Phi) is 6.84. The number of furan rings is 1. The quantitative estimate of drug-likeness (QED) is 0.604. The lowest BCUT2D eigenvalue weighted by Crippen LogP contribution is -2.46. The van der Waals surface area contributed by atoms with Crippen LogP contribution in [0.15, 0.2) is 65.2 Å². The van der Waals surface area contributed by atoms with Crippen LogP contribution < -0.4 is 15.0 Å². The topological polar surface area (TPSA) is 70.8 Å². The SMILES string of the molecule is COc1ccccc1N1CCN(Cc2ccc(C(=O)NCCc3ccccn3)o2)CC1. The Morgan fingerprint density at radius 1 is 1.06 bits per heavy atom. The van der Waals surface area contributed by atoms with Crippen molar-refractivity contribution in [2.45, 2.75) is 13.0 Å². The van der Waals surface area contributed by atoms with Crippen molar-refractivity contribution in [3.63, 3.8) is 0 Å². The van der Waals surface area contributed by atoms with Crippen LogP contribution in [0.4, 0.5) is 5.69 Å². The van der Waals surface area contributed by atoms with Crippen molar-refractivity contribution >= 4 is 11.6 Å². The molecular formula is C24H28N4O3. The van der Waals surface area contributed by atoms with E-state index in [4.69, 9.17) is 9.15 Å². The molecule has 0 spiro atoms. The zero-order valence-electron chi connectivity index (χ0n) is 17.8. The third kappa shape index (κ3) is 5.44. The van der Waals surface area contributed by atoms with E-state index >= 15 is 0 Å². The van der Waals surface area contributed by atoms with Crippen LogP contribution in [0.3, 0.4) is 0 Å². The number of ether oxygens (including phenoxy) is 1. The van der Waals surface area contributed by atoms with Crippen molar-refractivity contribution in [2.75, 3.05) is 44.7 Å². The highest BCUT2D eigenvalue weighted by atomic mass is 16.5. The number of amides is 1. The molecule has 3 aromatic rings. The third-order valence-corrected chi connectivity index (χ3v) is 5.46. The fourth-order valence-corrected chi connectivity index (χ4v) is 3.78. The van der Waals surface area contributed by atoms with Gasteiger partial charge in [0.15, 0.2) is 5.76 Å². The fourth-order valence-electron chi connectivity index (χ4n) is 3.78. The predicted octanol–water partition coefficient (Wildman–Crippen LogP) is 2.98. The molecule has 3 heterocycles. The monoisotopic (exact) mass is 420 g/mol. The van der Waals surface area contributed by atoms with Gasteiger partial charge in [0.2, 0.25) is 0 Å². The van der Waals surface area contributed by atoms with E-state index in [0.29, 0.717) is 25.3 Å². The van der Waals surface area contributed by atoms with E-state index in [1.807, 2.05) is 42.5 Å². The second kappa shape index (κ2) is 10.1. The zero-order valence-corrected chi connectivity index (χ0v) is 17.8. The number of carbonyl (C=O) groups excluding carboxylic acids is 1. The van der Waals surface area contributed by atoms with Gasteiger partial charge in [0, 0.05) is 51.0 Å². The lowest BCUT2D eigenvalue weighted by molar-refractivity contribution is 0.0922. The van der Waals surface area contributed by atoms with E-state index in [0.717, 1.165) is 49.1 Å². The Labute approximate surface area is 182 Å². The summed E-state index contributed by atoms with van der Waals surface area (Å²) in [6.07, 6.45) is 2.45. The largest absolute Gasteiger partial charge is 0.495 e. The van der Waals surface area contributed by atoms with Crippen LogP contribution in [0.5, 0.6) is 5.75 Å². The van der Waals surface area contributed by atoms with Crippen molar-refractivity contribution < 1.29 is 13.9 Å². The minimum absolute atomic E-state index is 0.192. The molecule has 1 aliphatic heterocycles. The van der Waals surface area contributed by atoms with Gasteiger partial charge in [-0.15, -0.1) is 0 Å². The first-order valence-electron chi connectivity index (χ1n) is 10.6. The lowest BCUT2D eigenvalue weighted by Gasteiger charge is -2.36. The molecule has 0 unspecified atom stereocenters. The maximum Gasteiger partial charge on any atom is 0.287 e. The van der Waals surface area contributed by atoms with Crippen molar-refractivity contribution in [1.29, 1.82) is 0 Å². The molecule has 0 bridgehead atoms. The Hall–Kier alpha value is -3.32. The van der Waals surface area contributed by atoms with Gasteiger partial charge in [-0.2, -0.15) is 0 Å². The molecule has 1 saturated heterocycles. The van der Waals surface area contributed by atoms with Gasteiger partial charge in [0.05, 0.1) is 19.3 Å². The van der Waals surface area contributed by atoms with Gasteiger partial charge < -0.3 is 19.4 Å². The molecule has 7 nitrogen and oxygen atoms in total. The molecule has 4 rings (SSSR count). The number of nitrogens with zero attached hydrogens (tertiary/aromatic N) is 3. The summed E-state index contributed by atoms with van der Waals surface area (Å²) < 4.78 is 11.3. The molecule has 0 aliphatic carbocycles. The number of hydrogen-bond acceptors (Lipinski definition) is 6. The normalized spacial score (nSPS) is 14.4. The number of carbonyl (C=O) groups is 1. The van der Waals surface area contributed by atoms with E-state index in [1.165, 1.54) is 0 Å². The molecule has 0 radical (unpaired) electrons. The first-order valence-corrected chi connectivity index (χ1v) is 10.6. The summed E-state index contributed by atoms with van der Waals surface area (Å²) in [6.45, 7) is 4.90. The van der Waals surface area contributed by atoms with Gasteiger partial charge in [-0.25, -0.2) is 0 Å². The fraction of sp³-hybridized carbons (Fsp3) is 0.333. The Morgan fingerprint density at radius 3 is 2.65 bits per heavy atom. The van der Waals surface area contributed by atoms with Gasteiger partial charge in [0.25, 0.3) is 5.91 Å². The summed E-state index contributed by atoms with van der Waals surface area (Å²) in [5, 5.41) is 2.89. The van der Waals surface area contributed by atoms with Gasteiger partial charge in [-0.3, -0.25) is 14.7 Å². The van der Waals surface area contributed by atoms with Crippen LogP contribution in [0.2, 0.25) is 0 Å². The molecule has 1 aliphatic rings. The number of nitrogens with one attached hydrogen (secondary N) is 1. The van der Waals surface area contributed by atoms with Crippen molar-refractivity contribution in [3.8, 4) is 5.75 Å². The third-order valence-electron chi connectivity index (χ3n) is 5.46. The van der Waals surface area contributed by atoms with Crippen LogP contribution in [0, 0.1) is 0 Å². The van der Waals surface area contributed by atoms with Crippen molar-refractivity contribution in [2.24, 2.45) is 0 Å². The zero-order chi connectivity index (χ0) is 21.5. The average molecular weight is 421 g/mol. The summed E-state index contributed by atoms with van der Waals surface area (Å²) in [4.78, 5) is 21.3. The molecule has 0 saturated carbocycles. The van der Waals surface area contributed by atoms with Crippen LogP contribution in [0.25, 0.3) is 0 Å². The van der Waals surface area contributed by atoms with Gasteiger partial charge in [0.1, 0.15) is 11.5 Å². The molecule has 1 fully saturated rings. The summed E-state index contributed by atoms with van der Waals surface area (Å²) in [7, 11) is 1.71. The molecule has 0 atom stereocenters. The molecule has 31 heavy (non-hydrogen) atoms. The Balaban J connectivity index is 1.24. The van der Waals surface area contributed by atoms with E-state index in [9.17, 15) is 4.79 Å². The first-order chi connectivity index (χ1) is 15.2. The standard InChI is InChI=1S/C24H28N4O3/c1-30-22-8-3-2-7-21(22)28-16-14-27(15-17-28)18-20-9-10-23(31-20)24(29)26-13-11-19-6-4-5-12-25-19/h2-10,12H,11,13-18H2,1H3,(H,26,29). The van der Waals surface area contributed by atoms with Crippen LogP contribution in [-0.2, 0) is 13.0 Å². The summed E-state index contributed by atoms with van der Waals surface area (Å²) >= 11 is 0. The number of piperazine rings is 1. The molecular weight excluding hydrogens is 392 g/mol. The summed E-state index contributed by atoms with van der Waals surface area (Å²) in [5.74, 6) is 1.87. The van der Waals surface area contributed by atoms with Crippen molar-refractivity contribution in [3.05, 3.63) is 78.0 Å². The van der Waals surface area contributed by atoms with Crippen LogP contribution in [0.1, 0.15) is 22.0 Å². The maximum atomic E-state index is 12.3. The maximum absolute atomic E-state index is 12.3. The minimum Gasteiger partial charge on any atom is -0.495 e. The highest BCUT2D eigenvalue weighted by Crippen LogP contribution is 2.28. The molecule has 7 heteroatoms. The number of anilines is 1. The number of methoxy groups -OCH3 is 1. The second-order valence-corrected chi connectivity index (χ2v) is 7.53. The van der Waals surface area contributed by atoms with Crippen LogP contribution in [-0.4, -0.2) is 55.6 Å². The van der Waals surface area contributed by atoms with E-state index in [1.54, 1.807) is 19.4 Å². The highest BCUT2D eigenvalue weighted by molar-refractivity contribution is 5.91. The van der Waals surface area contributed by atoms with E-state index in [2.05, 4.69) is 26.2 Å². The smallest absolute Gasteiger partial charge is 0.287 e. The summed E-state index contributed by atoms with van der Waals surface area (Å²) in [6, 6.07) is 17.5. The number of aromatic nitrogens is 1.